The third kappa shape index (κ3) is 1.78. The Bertz CT molecular complexity index is 424. The van der Waals surface area contributed by atoms with Crippen molar-refractivity contribution in [1.29, 1.82) is 0 Å². The van der Waals surface area contributed by atoms with Crippen LogP contribution in [0.5, 0.6) is 0 Å². The highest BCUT2D eigenvalue weighted by atomic mass is 35.5. The lowest BCUT2D eigenvalue weighted by Gasteiger charge is -2.30. The molecule has 1 aromatic carbocycles. The summed E-state index contributed by atoms with van der Waals surface area (Å²) >= 11 is 6.27. The number of nitrogens with one attached hydrogen (secondary N) is 1. The van der Waals surface area contributed by atoms with E-state index in [4.69, 9.17) is 16.3 Å². The molecule has 92 valence electrons. The van der Waals surface area contributed by atoms with Gasteiger partial charge in [0.05, 0.1) is 35.7 Å². The third-order valence-electron chi connectivity index (χ3n) is 3.75. The molecule has 1 aromatic rings. The van der Waals surface area contributed by atoms with Crippen LogP contribution in [-0.4, -0.2) is 32.3 Å². The molecule has 2 atom stereocenters. The van der Waals surface area contributed by atoms with Crippen LogP contribution in [-0.2, 0) is 4.74 Å². The van der Waals surface area contributed by atoms with Crippen LogP contribution in [0.25, 0.3) is 0 Å². The summed E-state index contributed by atoms with van der Waals surface area (Å²) in [5, 5.41) is 4.28. The topological polar surface area (TPSA) is 24.5 Å². The summed E-state index contributed by atoms with van der Waals surface area (Å²) in [6, 6.07) is 6.58. The highest BCUT2D eigenvalue weighted by Gasteiger charge is 2.36. The molecule has 2 heterocycles. The van der Waals surface area contributed by atoms with Crippen LogP contribution in [0.1, 0.15) is 6.92 Å². The molecule has 3 rings (SSSR count). The summed E-state index contributed by atoms with van der Waals surface area (Å²) in [5.74, 6) is 0.554. The number of ether oxygens (including phenoxy) is 1. The van der Waals surface area contributed by atoms with Crippen LogP contribution in [0, 0.1) is 5.92 Å². The van der Waals surface area contributed by atoms with Crippen molar-refractivity contribution in [2.75, 3.05) is 36.5 Å². The summed E-state index contributed by atoms with van der Waals surface area (Å²) in [6.45, 7) is 5.79. The van der Waals surface area contributed by atoms with Gasteiger partial charge < -0.3 is 15.0 Å². The molecule has 1 N–H and O–H groups in total. The first-order valence-electron chi connectivity index (χ1n) is 6.18. The van der Waals surface area contributed by atoms with Crippen LogP contribution >= 0.6 is 11.6 Å². The van der Waals surface area contributed by atoms with E-state index in [0.29, 0.717) is 12.0 Å². The quantitative estimate of drug-likeness (QED) is 0.832. The number of likely N-dealkylation sites (N-methyl/N-ethyl adjacent to an activating group) is 1. The van der Waals surface area contributed by atoms with Crippen molar-refractivity contribution in [3.8, 4) is 0 Å². The summed E-state index contributed by atoms with van der Waals surface area (Å²) < 4.78 is 5.61. The molecule has 0 spiro atoms. The maximum atomic E-state index is 6.27. The van der Waals surface area contributed by atoms with E-state index in [1.807, 2.05) is 12.1 Å². The summed E-state index contributed by atoms with van der Waals surface area (Å²) in [6.07, 6.45) is 0. The van der Waals surface area contributed by atoms with Crippen molar-refractivity contribution in [3.63, 3.8) is 0 Å². The second-order valence-corrected chi connectivity index (χ2v) is 5.07. The Morgan fingerprint density at radius 2 is 2.35 bits per heavy atom. The standard InChI is InChI=1S/C13H17ClN2O/c1-2-16-11-5-3-4-10(14)13(11)15-6-9-7-17-8-12(9)16/h3-5,9,12,15H,2,6-8H2,1H3. The lowest BCUT2D eigenvalue weighted by molar-refractivity contribution is 0.185. The number of hydrogen-bond acceptors (Lipinski definition) is 3. The van der Waals surface area contributed by atoms with Gasteiger partial charge in [-0.2, -0.15) is 0 Å². The molecule has 0 saturated carbocycles. The van der Waals surface area contributed by atoms with Crippen LogP contribution < -0.4 is 10.2 Å². The molecule has 1 fully saturated rings. The smallest absolute Gasteiger partial charge is 0.0767 e. The van der Waals surface area contributed by atoms with Crippen molar-refractivity contribution in [1.82, 2.24) is 0 Å². The van der Waals surface area contributed by atoms with Gasteiger partial charge in [0.25, 0.3) is 0 Å². The SMILES string of the molecule is CCN1c2cccc(Cl)c2NCC2COCC21. The molecule has 0 aliphatic carbocycles. The number of nitrogens with zero attached hydrogens (tertiary/aromatic N) is 1. The monoisotopic (exact) mass is 252 g/mol. The average Bonchev–Trinajstić information content (AvgIpc) is 2.72. The minimum absolute atomic E-state index is 0.479. The van der Waals surface area contributed by atoms with Crippen LogP contribution in [0.2, 0.25) is 5.02 Å². The van der Waals surface area contributed by atoms with Gasteiger partial charge in [-0.05, 0) is 19.1 Å². The molecule has 2 unspecified atom stereocenters. The van der Waals surface area contributed by atoms with Crippen molar-refractivity contribution in [2.45, 2.75) is 13.0 Å². The number of fused-ring (bicyclic) bond motifs is 2. The van der Waals surface area contributed by atoms with Crippen molar-refractivity contribution in [3.05, 3.63) is 23.2 Å². The van der Waals surface area contributed by atoms with Gasteiger partial charge in [0.2, 0.25) is 0 Å². The molecular formula is C13H17ClN2O. The Kier molecular flexibility index (Phi) is 2.89. The van der Waals surface area contributed by atoms with E-state index in [-0.39, 0.29) is 0 Å². The van der Waals surface area contributed by atoms with Crippen molar-refractivity contribution < 1.29 is 4.74 Å². The van der Waals surface area contributed by atoms with Gasteiger partial charge in [-0.25, -0.2) is 0 Å². The maximum absolute atomic E-state index is 6.27. The molecule has 0 aromatic heterocycles. The van der Waals surface area contributed by atoms with E-state index in [9.17, 15) is 0 Å². The molecule has 4 heteroatoms. The zero-order valence-electron chi connectivity index (χ0n) is 9.95. The Hall–Kier alpha value is -0.930. The number of hydrogen-bond donors (Lipinski definition) is 1. The molecule has 3 nitrogen and oxygen atoms in total. The first-order valence-corrected chi connectivity index (χ1v) is 6.56. The fourth-order valence-corrected chi connectivity index (χ4v) is 3.11. The number of rotatable bonds is 1. The lowest BCUT2D eigenvalue weighted by Crippen LogP contribution is -2.40. The molecule has 17 heavy (non-hydrogen) atoms. The number of benzene rings is 1. The van der Waals surface area contributed by atoms with Gasteiger partial charge in [0.15, 0.2) is 0 Å². The first kappa shape index (κ1) is 11.2. The van der Waals surface area contributed by atoms with E-state index in [1.165, 1.54) is 5.69 Å². The summed E-state index contributed by atoms with van der Waals surface area (Å²) in [4.78, 5) is 2.42. The number of para-hydroxylation sites is 1. The molecule has 0 amide bonds. The fourth-order valence-electron chi connectivity index (χ4n) is 2.87. The van der Waals surface area contributed by atoms with Crippen molar-refractivity contribution in [2.24, 2.45) is 5.92 Å². The van der Waals surface area contributed by atoms with Crippen LogP contribution in [0.4, 0.5) is 11.4 Å². The third-order valence-corrected chi connectivity index (χ3v) is 4.06. The van der Waals surface area contributed by atoms with E-state index < -0.39 is 0 Å². The average molecular weight is 253 g/mol. The molecule has 2 aliphatic rings. The van der Waals surface area contributed by atoms with Gasteiger partial charge in [-0.15, -0.1) is 0 Å². The lowest BCUT2D eigenvalue weighted by atomic mass is 10.0. The van der Waals surface area contributed by atoms with Gasteiger partial charge in [-0.3, -0.25) is 0 Å². The van der Waals surface area contributed by atoms with Gasteiger partial charge in [0.1, 0.15) is 0 Å². The van der Waals surface area contributed by atoms with E-state index >= 15 is 0 Å². The van der Waals surface area contributed by atoms with E-state index in [2.05, 4.69) is 23.2 Å². The Balaban J connectivity index is 2.06. The summed E-state index contributed by atoms with van der Waals surface area (Å²) in [7, 11) is 0. The van der Waals surface area contributed by atoms with Crippen LogP contribution in [0.15, 0.2) is 18.2 Å². The molecule has 2 aliphatic heterocycles. The Morgan fingerprint density at radius 3 is 3.18 bits per heavy atom. The minimum Gasteiger partial charge on any atom is -0.382 e. The molecular weight excluding hydrogens is 236 g/mol. The van der Waals surface area contributed by atoms with Gasteiger partial charge >= 0.3 is 0 Å². The fraction of sp³-hybridized carbons (Fsp3) is 0.538. The molecule has 0 bridgehead atoms. The Morgan fingerprint density at radius 1 is 1.47 bits per heavy atom. The normalized spacial score (nSPS) is 27.1. The molecule has 1 saturated heterocycles. The second kappa shape index (κ2) is 4.39. The van der Waals surface area contributed by atoms with E-state index in [0.717, 1.165) is 37.0 Å². The largest absolute Gasteiger partial charge is 0.382 e. The highest BCUT2D eigenvalue weighted by molar-refractivity contribution is 6.34. The highest BCUT2D eigenvalue weighted by Crippen LogP contribution is 2.38. The second-order valence-electron chi connectivity index (χ2n) is 4.67. The first-order chi connectivity index (χ1) is 8.31. The van der Waals surface area contributed by atoms with Crippen molar-refractivity contribution >= 4 is 23.0 Å². The zero-order chi connectivity index (χ0) is 11.8. The van der Waals surface area contributed by atoms with Crippen LogP contribution in [0.3, 0.4) is 0 Å². The maximum Gasteiger partial charge on any atom is 0.0767 e. The predicted molar refractivity (Wildman–Crippen MR) is 71.1 cm³/mol. The van der Waals surface area contributed by atoms with Gasteiger partial charge in [-0.1, -0.05) is 17.7 Å². The summed E-state index contributed by atoms with van der Waals surface area (Å²) in [5.41, 5.74) is 2.28. The number of anilines is 2. The van der Waals surface area contributed by atoms with E-state index in [1.54, 1.807) is 0 Å². The predicted octanol–water partition coefficient (Wildman–Crippen LogP) is 2.61. The zero-order valence-corrected chi connectivity index (χ0v) is 10.7. The molecule has 0 radical (unpaired) electrons. The number of halogens is 1. The Labute approximate surface area is 107 Å². The minimum atomic E-state index is 0.479. The van der Waals surface area contributed by atoms with Gasteiger partial charge in [0, 0.05) is 19.0 Å².